The van der Waals surface area contributed by atoms with Gasteiger partial charge >= 0.3 is 11.6 Å². The van der Waals surface area contributed by atoms with Crippen molar-refractivity contribution in [2.45, 2.75) is 64.1 Å². The Kier molecular flexibility index (Phi) is 7.30. The number of fused-ring (bicyclic) bond motifs is 1. The van der Waals surface area contributed by atoms with Crippen LogP contribution in [0.5, 0.6) is 5.88 Å². The molecule has 178 valence electrons. The summed E-state index contributed by atoms with van der Waals surface area (Å²) in [5.41, 5.74) is 1.06. The van der Waals surface area contributed by atoms with Crippen molar-refractivity contribution in [3.05, 3.63) is 32.4 Å². The van der Waals surface area contributed by atoms with Crippen LogP contribution in [0.2, 0.25) is 10.4 Å². The van der Waals surface area contributed by atoms with Gasteiger partial charge in [-0.15, -0.1) is 5.10 Å². The summed E-state index contributed by atoms with van der Waals surface area (Å²) >= 11 is 12.0. The Morgan fingerprint density at radius 2 is 2.00 bits per heavy atom. The van der Waals surface area contributed by atoms with E-state index < -0.39 is 4.92 Å². The quantitative estimate of drug-likeness (QED) is 0.184. The molecule has 1 aliphatic carbocycles. The Hall–Kier alpha value is -2.50. The third kappa shape index (κ3) is 4.90. The van der Waals surface area contributed by atoms with Gasteiger partial charge in [-0.1, -0.05) is 18.5 Å². The van der Waals surface area contributed by atoms with Gasteiger partial charge in [-0.2, -0.15) is 10.1 Å². The highest BCUT2D eigenvalue weighted by Gasteiger charge is 2.33. The van der Waals surface area contributed by atoms with E-state index in [1.54, 1.807) is 16.5 Å². The Bertz CT molecular complexity index is 1140. The zero-order valence-corrected chi connectivity index (χ0v) is 19.9. The number of rotatable bonds is 9. The minimum Gasteiger partial charge on any atom is -0.472 e. The molecular weight excluding hydrogens is 473 g/mol. The van der Waals surface area contributed by atoms with Crippen molar-refractivity contribution in [3.8, 4) is 5.88 Å². The molecule has 0 N–H and O–H groups in total. The maximum Gasteiger partial charge on any atom is 0.353 e. The molecule has 11 nitrogen and oxygen atoms in total. The number of ether oxygens (including phenoxy) is 2. The summed E-state index contributed by atoms with van der Waals surface area (Å²) in [6.07, 6.45) is 6.30. The monoisotopic (exact) mass is 497 g/mol. The van der Waals surface area contributed by atoms with Crippen LogP contribution in [0.3, 0.4) is 0 Å². The van der Waals surface area contributed by atoms with Crippen molar-refractivity contribution in [2.24, 2.45) is 0 Å². The second-order valence-corrected chi connectivity index (χ2v) is 8.61. The van der Waals surface area contributed by atoms with Crippen LogP contribution >= 0.6 is 23.2 Å². The van der Waals surface area contributed by atoms with E-state index in [-0.39, 0.29) is 40.8 Å². The summed E-state index contributed by atoms with van der Waals surface area (Å²) < 4.78 is 14.6. The van der Waals surface area contributed by atoms with Gasteiger partial charge in [0.05, 0.1) is 29.1 Å². The largest absolute Gasteiger partial charge is 0.472 e. The molecule has 0 amide bonds. The first kappa shape index (κ1) is 23.7. The van der Waals surface area contributed by atoms with Crippen LogP contribution in [-0.2, 0) is 17.7 Å². The summed E-state index contributed by atoms with van der Waals surface area (Å²) in [4.78, 5) is 19.5. The summed E-state index contributed by atoms with van der Waals surface area (Å²) in [6.45, 7) is 2.55. The molecule has 13 heteroatoms. The van der Waals surface area contributed by atoms with Gasteiger partial charge in [-0.3, -0.25) is 14.8 Å². The van der Waals surface area contributed by atoms with Crippen LogP contribution in [0.4, 0.5) is 5.69 Å². The van der Waals surface area contributed by atoms with Crippen molar-refractivity contribution in [1.29, 1.82) is 0 Å². The highest BCUT2D eigenvalue weighted by Crippen LogP contribution is 2.37. The summed E-state index contributed by atoms with van der Waals surface area (Å²) in [5, 5.41) is 21.6. The topological polar surface area (TPSA) is 123 Å². The highest BCUT2D eigenvalue weighted by molar-refractivity contribution is 6.34. The van der Waals surface area contributed by atoms with Crippen LogP contribution in [-0.4, -0.2) is 54.3 Å². The van der Waals surface area contributed by atoms with Crippen molar-refractivity contribution in [3.63, 3.8) is 0 Å². The van der Waals surface area contributed by atoms with Gasteiger partial charge in [-0.25, -0.2) is 9.67 Å². The molecule has 3 heterocycles. The fourth-order valence-corrected chi connectivity index (χ4v) is 4.67. The number of hydrogen-bond acceptors (Lipinski definition) is 8. The minimum atomic E-state index is -0.405. The van der Waals surface area contributed by atoms with E-state index in [1.165, 1.54) is 6.20 Å². The normalized spacial score (nSPS) is 18.7. The van der Waals surface area contributed by atoms with E-state index in [1.807, 2.05) is 6.92 Å². The van der Waals surface area contributed by atoms with E-state index in [0.717, 1.165) is 25.7 Å². The number of aromatic nitrogens is 6. The number of nitro groups is 1. The molecule has 0 spiro atoms. The van der Waals surface area contributed by atoms with E-state index in [4.69, 9.17) is 32.7 Å². The lowest BCUT2D eigenvalue weighted by Gasteiger charge is -2.28. The van der Waals surface area contributed by atoms with Gasteiger partial charge in [0.1, 0.15) is 5.69 Å². The van der Waals surface area contributed by atoms with Crippen LogP contribution in [0, 0.1) is 10.1 Å². The SMILES string of the molecule is CCc1c([N+](=O)[O-])c(OCCCn2nc(Cl)c3cnc(Cl)nc32)nn1C1CCC(OC)CC1. The number of nitrogens with zero attached hydrogens (tertiary/aromatic N) is 7. The van der Waals surface area contributed by atoms with Crippen LogP contribution < -0.4 is 4.74 Å². The molecule has 0 aromatic carbocycles. The highest BCUT2D eigenvalue weighted by atomic mass is 35.5. The summed E-state index contributed by atoms with van der Waals surface area (Å²) in [6, 6.07) is 0.101. The summed E-state index contributed by atoms with van der Waals surface area (Å²) in [5.74, 6) is 0.0550. The van der Waals surface area contributed by atoms with Crippen LogP contribution in [0.25, 0.3) is 11.0 Å². The smallest absolute Gasteiger partial charge is 0.353 e. The molecule has 3 aromatic heterocycles. The first-order valence-corrected chi connectivity index (χ1v) is 11.6. The predicted octanol–water partition coefficient (Wildman–Crippen LogP) is 4.40. The molecule has 1 fully saturated rings. The number of methoxy groups -OCH3 is 1. The first-order valence-electron chi connectivity index (χ1n) is 10.9. The second kappa shape index (κ2) is 10.2. The lowest BCUT2D eigenvalue weighted by molar-refractivity contribution is -0.386. The average molecular weight is 498 g/mol. The molecule has 1 saturated carbocycles. The van der Waals surface area contributed by atoms with Gasteiger partial charge in [0, 0.05) is 26.3 Å². The van der Waals surface area contributed by atoms with Crippen molar-refractivity contribution in [1.82, 2.24) is 29.5 Å². The molecule has 4 rings (SSSR count). The maximum atomic E-state index is 11.8. The Morgan fingerprint density at radius 1 is 1.24 bits per heavy atom. The molecule has 0 unspecified atom stereocenters. The molecule has 1 aliphatic rings. The van der Waals surface area contributed by atoms with Gasteiger partial charge < -0.3 is 9.47 Å². The molecule has 0 bridgehead atoms. The van der Waals surface area contributed by atoms with Crippen LogP contribution in [0.15, 0.2) is 6.20 Å². The van der Waals surface area contributed by atoms with Crippen LogP contribution in [0.1, 0.15) is 50.8 Å². The third-order valence-corrected chi connectivity index (χ3v) is 6.42. The fraction of sp³-hybridized carbons (Fsp3) is 0.600. The number of aryl methyl sites for hydroxylation is 1. The maximum absolute atomic E-state index is 11.8. The summed E-state index contributed by atoms with van der Waals surface area (Å²) in [7, 11) is 1.72. The van der Waals surface area contributed by atoms with Gasteiger partial charge in [0.2, 0.25) is 5.28 Å². The molecule has 0 saturated heterocycles. The van der Waals surface area contributed by atoms with E-state index in [2.05, 4.69) is 20.2 Å². The molecule has 0 radical (unpaired) electrons. The van der Waals surface area contributed by atoms with E-state index in [0.29, 0.717) is 36.1 Å². The predicted molar refractivity (Wildman–Crippen MR) is 122 cm³/mol. The van der Waals surface area contributed by atoms with Gasteiger partial charge in [0.25, 0.3) is 0 Å². The van der Waals surface area contributed by atoms with Crippen molar-refractivity contribution in [2.75, 3.05) is 13.7 Å². The molecule has 33 heavy (non-hydrogen) atoms. The lowest BCUT2D eigenvalue weighted by Crippen LogP contribution is -2.24. The Labute approximate surface area is 200 Å². The van der Waals surface area contributed by atoms with Gasteiger partial charge in [0.15, 0.2) is 10.8 Å². The number of halogens is 2. The fourth-order valence-electron chi connectivity index (χ4n) is 4.32. The third-order valence-electron chi connectivity index (χ3n) is 5.96. The molecule has 0 atom stereocenters. The first-order chi connectivity index (χ1) is 15.9. The number of hydrogen-bond donors (Lipinski definition) is 0. The zero-order chi connectivity index (χ0) is 23.5. The van der Waals surface area contributed by atoms with Crippen molar-refractivity contribution >= 4 is 39.9 Å². The second-order valence-electron chi connectivity index (χ2n) is 7.91. The Morgan fingerprint density at radius 3 is 2.67 bits per heavy atom. The average Bonchev–Trinajstić information content (AvgIpc) is 3.34. The molecular formula is C20H25Cl2N7O4. The van der Waals surface area contributed by atoms with Gasteiger partial charge in [-0.05, 0) is 43.7 Å². The standard InChI is InChI=1S/C20H25Cl2N7O4/c1-3-15-16(29(30)31)19(26-28(15)12-5-7-13(32-2)8-6-12)33-10-4-9-27-18-14(17(21)25-27)11-23-20(22)24-18/h11-13H,3-10H2,1-2H3. The van der Waals surface area contributed by atoms with Crippen molar-refractivity contribution < 1.29 is 14.4 Å². The lowest BCUT2D eigenvalue weighted by atomic mass is 9.93. The zero-order valence-electron chi connectivity index (χ0n) is 18.4. The Balaban J connectivity index is 1.46. The minimum absolute atomic E-state index is 0.0550. The van der Waals surface area contributed by atoms with E-state index >= 15 is 0 Å². The molecule has 0 aliphatic heterocycles. The molecule has 3 aromatic rings. The van der Waals surface area contributed by atoms with E-state index in [9.17, 15) is 10.1 Å².